The molecule has 0 aliphatic heterocycles. The summed E-state index contributed by atoms with van der Waals surface area (Å²) in [6.07, 6.45) is -2.31. The fourth-order valence-electron chi connectivity index (χ4n) is 1.37. The van der Waals surface area contributed by atoms with Crippen LogP contribution in [0.2, 0.25) is 0 Å². The molecule has 0 aromatic carbocycles. The fraction of sp³-hybridized carbons (Fsp3) is 0.643. The molecular weight excluding hydrogens is 267 g/mol. The van der Waals surface area contributed by atoms with Gasteiger partial charge in [-0.1, -0.05) is 13.8 Å². The van der Waals surface area contributed by atoms with Crippen molar-refractivity contribution in [3.05, 3.63) is 23.0 Å². The van der Waals surface area contributed by atoms with Crippen LogP contribution in [0.1, 0.15) is 47.5 Å². The van der Waals surface area contributed by atoms with Crippen LogP contribution < -0.4 is 11.1 Å². The summed E-state index contributed by atoms with van der Waals surface area (Å²) in [5, 5.41) is 2.57. The molecule has 0 saturated carbocycles. The Bertz CT molecular complexity index is 406. The van der Waals surface area contributed by atoms with Crippen LogP contribution in [0.25, 0.3) is 0 Å². The van der Waals surface area contributed by atoms with Gasteiger partial charge >= 0.3 is 6.18 Å². The summed E-state index contributed by atoms with van der Waals surface area (Å²) >= 11 is 0. The Balaban J connectivity index is 5.29. The minimum absolute atomic E-state index is 0.0653. The molecule has 0 bridgehead atoms. The minimum atomic E-state index is -4.50. The number of aliphatic imine (C=N–C) groups is 1. The largest absolute Gasteiger partial charge is 0.419 e. The molecule has 0 rings (SSSR count). The van der Waals surface area contributed by atoms with Gasteiger partial charge in [0.05, 0.1) is 11.4 Å². The van der Waals surface area contributed by atoms with Gasteiger partial charge in [-0.05, 0) is 39.2 Å². The van der Waals surface area contributed by atoms with E-state index in [0.717, 1.165) is 12.6 Å². The SMILES string of the molecule is CC/C(C)=C(N)\C(=C/NC(C)=NC(C)CC)C(F)(F)F. The Labute approximate surface area is 118 Å². The molecule has 0 radical (unpaired) electrons. The molecule has 0 aliphatic carbocycles. The molecule has 3 nitrogen and oxygen atoms in total. The molecule has 3 N–H and O–H groups in total. The highest BCUT2D eigenvalue weighted by molar-refractivity contribution is 5.80. The maximum absolute atomic E-state index is 13.0. The van der Waals surface area contributed by atoms with Crippen LogP contribution in [0.15, 0.2) is 28.0 Å². The first-order chi connectivity index (χ1) is 9.13. The van der Waals surface area contributed by atoms with E-state index in [9.17, 15) is 13.2 Å². The standard InChI is InChI=1S/C14H24F3N3/c1-6-9(3)13(18)12(14(15,16)17)8-19-11(5)20-10(4)7-2/h8,10H,6-7,18H2,1-5H3,(H,19,20)/b12-8+,13-9+. The average Bonchev–Trinajstić information content (AvgIpc) is 2.35. The molecule has 20 heavy (non-hydrogen) atoms. The predicted molar refractivity (Wildman–Crippen MR) is 77.3 cm³/mol. The van der Waals surface area contributed by atoms with Gasteiger partial charge in [0.1, 0.15) is 0 Å². The second-order valence-electron chi connectivity index (χ2n) is 4.72. The first-order valence-electron chi connectivity index (χ1n) is 6.67. The molecule has 6 heteroatoms. The number of hydrogen-bond acceptors (Lipinski definition) is 2. The highest BCUT2D eigenvalue weighted by Gasteiger charge is 2.35. The summed E-state index contributed by atoms with van der Waals surface area (Å²) in [5.74, 6) is 0.433. The Kier molecular flexibility index (Phi) is 7.39. The van der Waals surface area contributed by atoms with Crippen molar-refractivity contribution in [1.82, 2.24) is 5.32 Å². The van der Waals surface area contributed by atoms with Crippen molar-refractivity contribution >= 4 is 5.84 Å². The molecule has 0 saturated heterocycles. The van der Waals surface area contributed by atoms with E-state index in [1.54, 1.807) is 20.8 Å². The van der Waals surface area contributed by atoms with Crippen molar-refractivity contribution in [3.8, 4) is 0 Å². The van der Waals surface area contributed by atoms with E-state index >= 15 is 0 Å². The number of allylic oxidation sites excluding steroid dienone is 2. The van der Waals surface area contributed by atoms with Gasteiger partial charge in [-0.2, -0.15) is 13.2 Å². The summed E-state index contributed by atoms with van der Waals surface area (Å²) in [6, 6.07) is 0.0653. The Morgan fingerprint density at radius 2 is 1.85 bits per heavy atom. The van der Waals surface area contributed by atoms with E-state index in [1.165, 1.54) is 0 Å². The van der Waals surface area contributed by atoms with Crippen molar-refractivity contribution in [1.29, 1.82) is 0 Å². The Hall–Kier alpha value is -1.46. The highest BCUT2D eigenvalue weighted by atomic mass is 19.4. The molecule has 0 aromatic rings. The minimum Gasteiger partial charge on any atom is -0.398 e. The first kappa shape index (κ1) is 18.5. The summed E-state index contributed by atoms with van der Waals surface area (Å²) in [6.45, 7) is 8.84. The molecule has 0 spiro atoms. The number of hydrogen-bond donors (Lipinski definition) is 2. The maximum atomic E-state index is 13.0. The van der Waals surface area contributed by atoms with Crippen LogP contribution in [0.5, 0.6) is 0 Å². The zero-order valence-electron chi connectivity index (χ0n) is 12.7. The third-order valence-electron chi connectivity index (χ3n) is 3.02. The monoisotopic (exact) mass is 291 g/mol. The van der Waals surface area contributed by atoms with E-state index in [1.807, 2.05) is 13.8 Å². The normalized spacial score (nSPS) is 16.8. The zero-order chi connectivity index (χ0) is 15.9. The van der Waals surface area contributed by atoms with Crippen LogP contribution in [-0.2, 0) is 0 Å². The van der Waals surface area contributed by atoms with E-state index in [4.69, 9.17) is 5.73 Å². The molecule has 0 fully saturated rings. The lowest BCUT2D eigenvalue weighted by Crippen LogP contribution is -2.24. The van der Waals surface area contributed by atoms with Crippen LogP contribution in [-0.4, -0.2) is 18.1 Å². The van der Waals surface area contributed by atoms with E-state index in [0.29, 0.717) is 17.8 Å². The molecule has 0 heterocycles. The second-order valence-corrected chi connectivity index (χ2v) is 4.72. The maximum Gasteiger partial charge on any atom is 0.419 e. The van der Waals surface area contributed by atoms with Gasteiger partial charge in [-0.15, -0.1) is 0 Å². The molecule has 1 atom stereocenters. The molecule has 0 aliphatic rings. The number of halogens is 3. The van der Waals surface area contributed by atoms with Crippen LogP contribution >= 0.6 is 0 Å². The Morgan fingerprint density at radius 1 is 1.30 bits per heavy atom. The lowest BCUT2D eigenvalue weighted by molar-refractivity contribution is -0.0898. The van der Waals surface area contributed by atoms with Crippen molar-refractivity contribution in [3.63, 3.8) is 0 Å². The van der Waals surface area contributed by atoms with Gasteiger partial charge in [0.25, 0.3) is 0 Å². The van der Waals surface area contributed by atoms with E-state index in [2.05, 4.69) is 10.3 Å². The van der Waals surface area contributed by atoms with Crippen LogP contribution in [0.3, 0.4) is 0 Å². The third-order valence-corrected chi connectivity index (χ3v) is 3.02. The number of nitrogens with two attached hydrogens (primary N) is 1. The summed E-state index contributed by atoms with van der Waals surface area (Å²) in [7, 11) is 0. The topological polar surface area (TPSA) is 50.4 Å². The lowest BCUT2D eigenvalue weighted by atomic mass is 10.1. The van der Waals surface area contributed by atoms with Crippen molar-refractivity contribution in [2.24, 2.45) is 10.7 Å². The molecule has 0 amide bonds. The predicted octanol–water partition coefficient (Wildman–Crippen LogP) is 3.88. The first-order valence-corrected chi connectivity index (χ1v) is 6.67. The van der Waals surface area contributed by atoms with E-state index in [-0.39, 0.29) is 11.7 Å². The summed E-state index contributed by atoms with van der Waals surface area (Å²) in [4.78, 5) is 4.21. The molecule has 116 valence electrons. The average molecular weight is 291 g/mol. The number of rotatable bonds is 5. The molecule has 0 aromatic heterocycles. The quantitative estimate of drug-likeness (QED) is 0.459. The summed E-state index contributed by atoms with van der Waals surface area (Å²) in [5.41, 5.74) is 4.99. The van der Waals surface area contributed by atoms with Gasteiger partial charge in [-0.25, -0.2) is 0 Å². The van der Waals surface area contributed by atoms with E-state index < -0.39 is 11.7 Å². The lowest BCUT2D eigenvalue weighted by Gasteiger charge is -2.15. The molecular formula is C14H24F3N3. The fourth-order valence-corrected chi connectivity index (χ4v) is 1.37. The smallest absolute Gasteiger partial charge is 0.398 e. The number of alkyl halides is 3. The summed E-state index contributed by atoms with van der Waals surface area (Å²) < 4.78 is 39.0. The van der Waals surface area contributed by atoms with Gasteiger partial charge in [0, 0.05) is 17.9 Å². The van der Waals surface area contributed by atoms with Crippen LogP contribution in [0.4, 0.5) is 13.2 Å². The zero-order valence-corrected chi connectivity index (χ0v) is 12.7. The number of nitrogens with one attached hydrogen (secondary N) is 1. The van der Waals surface area contributed by atoms with Crippen LogP contribution in [0, 0.1) is 0 Å². The Morgan fingerprint density at radius 3 is 2.25 bits per heavy atom. The second kappa shape index (κ2) is 7.97. The van der Waals surface area contributed by atoms with Gasteiger partial charge in [0.2, 0.25) is 0 Å². The van der Waals surface area contributed by atoms with Gasteiger partial charge < -0.3 is 11.1 Å². The van der Waals surface area contributed by atoms with Gasteiger partial charge in [0.15, 0.2) is 0 Å². The van der Waals surface area contributed by atoms with Crippen molar-refractivity contribution in [2.45, 2.75) is 59.7 Å². The van der Waals surface area contributed by atoms with Crippen molar-refractivity contribution in [2.75, 3.05) is 0 Å². The highest BCUT2D eigenvalue weighted by Crippen LogP contribution is 2.30. The third kappa shape index (κ3) is 6.12. The number of nitrogens with zero attached hydrogens (tertiary/aromatic N) is 1. The van der Waals surface area contributed by atoms with Crippen molar-refractivity contribution < 1.29 is 13.2 Å². The number of amidine groups is 1. The van der Waals surface area contributed by atoms with Gasteiger partial charge in [-0.3, -0.25) is 4.99 Å². The molecule has 1 unspecified atom stereocenters.